The van der Waals surface area contributed by atoms with Gasteiger partial charge in [-0.2, -0.15) is 0 Å². The molecule has 0 aromatic rings. The number of carbonyl (C=O) groups excluding carboxylic acids is 1. The highest BCUT2D eigenvalue weighted by molar-refractivity contribution is 5.81. The van der Waals surface area contributed by atoms with Crippen LogP contribution in [0.25, 0.3) is 0 Å². The number of rotatable bonds is 5. The van der Waals surface area contributed by atoms with Crippen molar-refractivity contribution < 1.29 is 9.53 Å². The van der Waals surface area contributed by atoms with Gasteiger partial charge in [0.25, 0.3) is 0 Å². The second kappa shape index (κ2) is 5.35. The van der Waals surface area contributed by atoms with Gasteiger partial charge in [0.2, 0.25) is 0 Å². The lowest BCUT2D eigenvalue weighted by Crippen LogP contribution is -2.39. The van der Waals surface area contributed by atoms with Crippen LogP contribution < -0.4 is 5.32 Å². The van der Waals surface area contributed by atoms with Crippen LogP contribution in [0.2, 0.25) is 0 Å². The summed E-state index contributed by atoms with van der Waals surface area (Å²) in [4.78, 5) is 11.5. The lowest BCUT2D eigenvalue weighted by molar-refractivity contribution is -0.122. The molecule has 2 unspecified atom stereocenters. The minimum atomic E-state index is 0.0940. The molecule has 1 fully saturated rings. The van der Waals surface area contributed by atoms with Gasteiger partial charge in [-0.1, -0.05) is 13.8 Å². The fraction of sp³-hybridized carbons (Fsp3) is 0.900. The van der Waals surface area contributed by atoms with Crippen molar-refractivity contribution in [3.05, 3.63) is 0 Å². The van der Waals surface area contributed by atoms with Crippen molar-refractivity contribution in [3.63, 3.8) is 0 Å². The maximum atomic E-state index is 11.5. The Labute approximate surface area is 79.8 Å². The highest BCUT2D eigenvalue weighted by Crippen LogP contribution is 2.16. The lowest BCUT2D eigenvalue weighted by Gasteiger charge is -2.16. The summed E-state index contributed by atoms with van der Waals surface area (Å²) in [7, 11) is 0. The Kier molecular flexibility index (Phi) is 4.39. The number of Topliss-reactive ketones (excluding diaryl/α,β-unsaturated/α-hetero) is 1. The van der Waals surface area contributed by atoms with Crippen molar-refractivity contribution in [2.75, 3.05) is 19.8 Å². The molecule has 13 heavy (non-hydrogen) atoms. The first-order valence-electron chi connectivity index (χ1n) is 5.13. The molecule has 76 valence electrons. The number of hydrogen-bond acceptors (Lipinski definition) is 3. The minimum absolute atomic E-state index is 0.0940. The molecule has 0 bridgehead atoms. The van der Waals surface area contributed by atoms with Gasteiger partial charge in [0, 0.05) is 12.5 Å². The lowest BCUT2D eigenvalue weighted by atomic mass is 9.97. The molecule has 0 aliphatic carbocycles. The van der Waals surface area contributed by atoms with Gasteiger partial charge in [-0.15, -0.1) is 0 Å². The first-order valence-corrected chi connectivity index (χ1v) is 5.13. The quantitative estimate of drug-likeness (QED) is 0.694. The molecule has 2 atom stereocenters. The van der Waals surface area contributed by atoms with Crippen molar-refractivity contribution in [1.82, 2.24) is 5.32 Å². The molecule has 0 aromatic heterocycles. The highest BCUT2D eigenvalue weighted by atomic mass is 16.5. The van der Waals surface area contributed by atoms with Crippen LogP contribution in [0.5, 0.6) is 0 Å². The van der Waals surface area contributed by atoms with E-state index in [0.29, 0.717) is 25.4 Å². The van der Waals surface area contributed by atoms with E-state index in [1.165, 1.54) is 0 Å². The van der Waals surface area contributed by atoms with Crippen LogP contribution in [0.3, 0.4) is 0 Å². The molecule has 1 heterocycles. The zero-order valence-electron chi connectivity index (χ0n) is 8.51. The third-order valence-electron chi connectivity index (χ3n) is 2.50. The Morgan fingerprint density at radius 1 is 1.46 bits per heavy atom. The largest absolute Gasteiger partial charge is 0.379 e. The molecule has 1 rings (SSSR count). The van der Waals surface area contributed by atoms with Crippen molar-refractivity contribution in [2.45, 2.75) is 32.7 Å². The van der Waals surface area contributed by atoms with Crippen LogP contribution in [-0.2, 0) is 9.53 Å². The van der Waals surface area contributed by atoms with Gasteiger partial charge in [0.15, 0.2) is 0 Å². The second-order valence-electron chi connectivity index (χ2n) is 3.52. The fourth-order valence-electron chi connectivity index (χ4n) is 1.66. The maximum Gasteiger partial charge on any atom is 0.139 e. The molecule has 3 nitrogen and oxygen atoms in total. The summed E-state index contributed by atoms with van der Waals surface area (Å²) in [6, 6.07) is 0.257. The molecular formula is C10H19NO2. The number of ether oxygens (including phenoxy) is 1. The Balaban J connectivity index is 2.39. The van der Waals surface area contributed by atoms with Gasteiger partial charge in [0.1, 0.15) is 5.78 Å². The Morgan fingerprint density at radius 2 is 2.23 bits per heavy atom. The van der Waals surface area contributed by atoms with Crippen LogP contribution in [-0.4, -0.2) is 31.6 Å². The fourth-order valence-corrected chi connectivity index (χ4v) is 1.66. The molecule has 0 amide bonds. The van der Waals surface area contributed by atoms with E-state index in [4.69, 9.17) is 4.74 Å². The smallest absolute Gasteiger partial charge is 0.139 e. The number of ketones is 1. The maximum absolute atomic E-state index is 11.5. The molecule has 1 N–H and O–H groups in total. The van der Waals surface area contributed by atoms with Crippen LogP contribution >= 0.6 is 0 Å². The standard InChI is InChI=1S/C10H19NO2/c1-3-5-11-9-7-13-6-8(9)10(12)4-2/h8-9,11H,3-7H2,1-2H3. The number of nitrogens with one attached hydrogen (secondary N) is 1. The van der Waals surface area contributed by atoms with E-state index in [1.54, 1.807) is 0 Å². The monoisotopic (exact) mass is 185 g/mol. The van der Waals surface area contributed by atoms with E-state index in [0.717, 1.165) is 13.0 Å². The summed E-state index contributed by atoms with van der Waals surface area (Å²) in [6.07, 6.45) is 1.72. The van der Waals surface area contributed by atoms with Gasteiger partial charge in [-0.3, -0.25) is 4.79 Å². The normalized spacial score (nSPS) is 27.8. The summed E-state index contributed by atoms with van der Waals surface area (Å²) >= 11 is 0. The number of hydrogen-bond donors (Lipinski definition) is 1. The molecular weight excluding hydrogens is 166 g/mol. The predicted octanol–water partition coefficient (Wildman–Crippen LogP) is 0.980. The average molecular weight is 185 g/mol. The molecule has 0 radical (unpaired) electrons. The molecule has 0 spiro atoms. The van der Waals surface area contributed by atoms with Crippen LogP contribution in [0.4, 0.5) is 0 Å². The van der Waals surface area contributed by atoms with E-state index < -0.39 is 0 Å². The van der Waals surface area contributed by atoms with Crippen LogP contribution in [0, 0.1) is 5.92 Å². The molecule has 3 heteroatoms. The van der Waals surface area contributed by atoms with Crippen molar-refractivity contribution >= 4 is 5.78 Å². The van der Waals surface area contributed by atoms with Crippen molar-refractivity contribution in [1.29, 1.82) is 0 Å². The third-order valence-corrected chi connectivity index (χ3v) is 2.50. The third kappa shape index (κ3) is 2.78. The molecule has 1 aliphatic heterocycles. The van der Waals surface area contributed by atoms with Gasteiger partial charge < -0.3 is 10.1 Å². The van der Waals surface area contributed by atoms with E-state index >= 15 is 0 Å². The van der Waals surface area contributed by atoms with E-state index in [2.05, 4.69) is 12.2 Å². The summed E-state index contributed by atoms with van der Waals surface area (Å²) in [5.41, 5.74) is 0. The average Bonchev–Trinajstić information content (AvgIpc) is 2.61. The van der Waals surface area contributed by atoms with Gasteiger partial charge in [-0.25, -0.2) is 0 Å². The summed E-state index contributed by atoms with van der Waals surface area (Å²) < 4.78 is 5.31. The Hall–Kier alpha value is -0.410. The molecule has 0 aromatic carbocycles. The van der Waals surface area contributed by atoms with Gasteiger partial charge in [0.05, 0.1) is 19.1 Å². The van der Waals surface area contributed by atoms with Crippen molar-refractivity contribution in [2.24, 2.45) is 5.92 Å². The highest BCUT2D eigenvalue weighted by Gasteiger charge is 2.31. The summed E-state index contributed by atoms with van der Waals surface area (Å²) in [6.45, 7) is 6.31. The van der Waals surface area contributed by atoms with Gasteiger partial charge >= 0.3 is 0 Å². The first kappa shape index (κ1) is 10.7. The predicted molar refractivity (Wildman–Crippen MR) is 51.7 cm³/mol. The number of carbonyl (C=O) groups is 1. The molecule has 1 saturated heterocycles. The first-order chi connectivity index (χ1) is 6.29. The molecule has 0 saturated carbocycles. The van der Waals surface area contributed by atoms with Gasteiger partial charge in [-0.05, 0) is 13.0 Å². The van der Waals surface area contributed by atoms with E-state index in [9.17, 15) is 4.79 Å². The minimum Gasteiger partial charge on any atom is -0.379 e. The van der Waals surface area contributed by atoms with Crippen LogP contribution in [0.1, 0.15) is 26.7 Å². The zero-order valence-corrected chi connectivity index (χ0v) is 8.51. The Bertz CT molecular complexity index is 170. The Morgan fingerprint density at radius 3 is 2.85 bits per heavy atom. The van der Waals surface area contributed by atoms with Crippen LogP contribution in [0.15, 0.2) is 0 Å². The zero-order chi connectivity index (χ0) is 9.68. The topological polar surface area (TPSA) is 38.3 Å². The van der Waals surface area contributed by atoms with E-state index in [-0.39, 0.29) is 12.0 Å². The summed E-state index contributed by atoms with van der Waals surface area (Å²) in [5, 5.41) is 3.35. The summed E-state index contributed by atoms with van der Waals surface area (Å²) in [5.74, 6) is 0.419. The van der Waals surface area contributed by atoms with Crippen molar-refractivity contribution in [3.8, 4) is 0 Å². The second-order valence-corrected chi connectivity index (χ2v) is 3.52. The van der Waals surface area contributed by atoms with E-state index in [1.807, 2.05) is 6.92 Å². The molecule has 1 aliphatic rings. The SMILES string of the molecule is CCCNC1COCC1C(=O)CC.